The Kier molecular flexibility index (Phi) is 4.90. The molecule has 2 rings (SSSR count). The molecule has 0 bridgehead atoms. The molecule has 0 fully saturated rings. The number of carbonyl (C=O) groups is 1. The van der Waals surface area contributed by atoms with Gasteiger partial charge in [-0.1, -0.05) is 42.5 Å². The van der Waals surface area contributed by atoms with Crippen LogP contribution in [0, 0.1) is 5.82 Å². The fraction of sp³-hybridized carbons (Fsp3) is 0.235. The second kappa shape index (κ2) is 6.68. The van der Waals surface area contributed by atoms with Gasteiger partial charge in [-0.05, 0) is 30.2 Å². The van der Waals surface area contributed by atoms with Crippen molar-refractivity contribution in [3.8, 4) is 0 Å². The van der Waals surface area contributed by atoms with Crippen LogP contribution in [0.3, 0.4) is 0 Å². The number of rotatable bonds is 5. The average molecular weight is 303 g/mol. The first-order valence-electron chi connectivity index (χ1n) is 6.89. The van der Waals surface area contributed by atoms with Crippen LogP contribution in [0.25, 0.3) is 0 Å². The molecule has 3 N–H and O–H groups in total. The lowest BCUT2D eigenvalue weighted by Gasteiger charge is -2.25. The number of hydrogen-bond donors (Lipinski definition) is 3. The first-order chi connectivity index (χ1) is 10.4. The van der Waals surface area contributed by atoms with Crippen LogP contribution in [0.5, 0.6) is 0 Å². The molecule has 1 amide bonds. The van der Waals surface area contributed by atoms with E-state index in [2.05, 4.69) is 5.32 Å². The lowest BCUT2D eigenvalue weighted by molar-refractivity contribution is -0.130. The van der Waals surface area contributed by atoms with E-state index in [4.69, 9.17) is 0 Å². The third-order valence-electron chi connectivity index (χ3n) is 3.44. The smallest absolute Gasteiger partial charge is 0.253 e. The van der Waals surface area contributed by atoms with Crippen molar-refractivity contribution < 1.29 is 19.4 Å². The summed E-state index contributed by atoms with van der Waals surface area (Å²) in [7, 11) is 0. The molecule has 2 atom stereocenters. The van der Waals surface area contributed by atoms with Gasteiger partial charge in [0.1, 0.15) is 11.4 Å². The van der Waals surface area contributed by atoms with Gasteiger partial charge in [-0.25, -0.2) is 4.39 Å². The van der Waals surface area contributed by atoms with Crippen LogP contribution in [0.2, 0.25) is 0 Å². The Morgan fingerprint density at radius 2 is 1.77 bits per heavy atom. The van der Waals surface area contributed by atoms with Crippen LogP contribution >= 0.6 is 0 Å². The number of benzene rings is 2. The molecule has 5 heteroatoms. The number of hydrogen-bond acceptors (Lipinski definition) is 3. The number of nitrogens with one attached hydrogen (secondary N) is 1. The second-order valence-corrected chi connectivity index (χ2v) is 5.31. The Morgan fingerprint density at radius 1 is 1.18 bits per heavy atom. The Hall–Kier alpha value is -2.24. The summed E-state index contributed by atoms with van der Waals surface area (Å²) >= 11 is 0. The summed E-state index contributed by atoms with van der Waals surface area (Å²) < 4.78 is 12.9. The van der Waals surface area contributed by atoms with Gasteiger partial charge in [0.25, 0.3) is 5.91 Å². The van der Waals surface area contributed by atoms with Crippen molar-refractivity contribution in [1.29, 1.82) is 0 Å². The largest absolute Gasteiger partial charge is 0.384 e. The minimum atomic E-state index is -1.36. The summed E-state index contributed by atoms with van der Waals surface area (Å²) in [6.07, 6.45) is -1.30. The summed E-state index contributed by atoms with van der Waals surface area (Å²) in [5.74, 6) is -1.00. The van der Waals surface area contributed by atoms with Crippen LogP contribution in [0.4, 0.5) is 4.39 Å². The molecule has 22 heavy (non-hydrogen) atoms. The van der Waals surface area contributed by atoms with Gasteiger partial charge in [-0.15, -0.1) is 0 Å². The van der Waals surface area contributed by atoms with E-state index >= 15 is 0 Å². The number of aliphatic hydroxyl groups is 2. The zero-order chi connectivity index (χ0) is 16.2. The molecule has 4 nitrogen and oxygen atoms in total. The summed E-state index contributed by atoms with van der Waals surface area (Å²) in [5, 5.41) is 22.8. The van der Waals surface area contributed by atoms with Gasteiger partial charge in [-0.3, -0.25) is 4.79 Å². The predicted molar refractivity (Wildman–Crippen MR) is 80.4 cm³/mol. The van der Waals surface area contributed by atoms with Crippen LogP contribution in [0.15, 0.2) is 54.6 Å². The van der Waals surface area contributed by atoms with Gasteiger partial charge in [0.05, 0.1) is 6.54 Å². The average Bonchev–Trinajstić information content (AvgIpc) is 2.53. The quantitative estimate of drug-likeness (QED) is 0.790. The van der Waals surface area contributed by atoms with Crippen molar-refractivity contribution in [1.82, 2.24) is 5.32 Å². The van der Waals surface area contributed by atoms with Gasteiger partial charge in [0, 0.05) is 0 Å². The van der Waals surface area contributed by atoms with Crippen molar-refractivity contribution in [2.45, 2.75) is 18.6 Å². The highest BCUT2D eigenvalue weighted by Crippen LogP contribution is 2.20. The molecule has 2 unspecified atom stereocenters. The van der Waals surface area contributed by atoms with Crippen LogP contribution in [-0.2, 0) is 10.4 Å². The van der Waals surface area contributed by atoms with Crippen molar-refractivity contribution in [2.24, 2.45) is 0 Å². The number of amides is 1. The molecule has 0 aliphatic rings. The molecule has 0 heterocycles. The molecular weight excluding hydrogens is 285 g/mol. The highest BCUT2D eigenvalue weighted by atomic mass is 19.1. The molecule has 0 aromatic heterocycles. The molecule has 0 aliphatic heterocycles. The van der Waals surface area contributed by atoms with Crippen LogP contribution < -0.4 is 5.32 Å². The maximum atomic E-state index is 12.9. The van der Waals surface area contributed by atoms with Crippen molar-refractivity contribution in [3.63, 3.8) is 0 Å². The van der Waals surface area contributed by atoms with Crippen LogP contribution in [0.1, 0.15) is 24.2 Å². The predicted octanol–water partition coefficient (Wildman–Crippen LogP) is 1.88. The standard InChI is InChI=1S/C17H18FNO3/c1-17(22,13-7-9-14(18)10-8-13)11-19-16(21)15(20)12-5-3-2-4-6-12/h2-10,15,20,22H,11H2,1H3,(H,19,21). The molecule has 0 radical (unpaired) electrons. The first kappa shape index (κ1) is 16.1. The fourth-order valence-electron chi connectivity index (χ4n) is 2.05. The highest BCUT2D eigenvalue weighted by molar-refractivity contribution is 5.81. The van der Waals surface area contributed by atoms with E-state index in [9.17, 15) is 19.4 Å². The summed E-state index contributed by atoms with van der Waals surface area (Å²) in [4.78, 5) is 11.9. The third kappa shape index (κ3) is 3.90. The number of halogens is 1. The molecular formula is C17H18FNO3. The minimum Gasteiger partial charge on any atom is -0.384 e. The maximum absolute atomic E-state index is 12.9. The molecule has 116 valence electrons. The summed E-state index contributed by atoms with van der Waals surface area (Å²) in [6, 6.07) is 13.9. The van der Waals surface area contributed by atoms with E-state index in [-0.39, 0.29) is 6.54 Å². The lowest BCUT2D eigenvalue weighted by Crippen LogP contribution is -2.40. The molecule has 0 spiro atoms. The molecule has 2 aromatic rings. The van der Waals surface area contributed by atoms with E-state index < -0.39 is 23.4 Å². The van der Waals surface area contributed by atoms with Gasteiger partial charge in [0.15, 0.2) is 6.10 Å². The SMILES string of the molecule is CC(O)(CNC(=O)C(O)c1ccccc1)c1ccc(F)cc1. The van der Waals surface area contributed by atoms with Gasteiger partial charge in [-0.2, -0.15) is 0 Å². The molecule has 0 saturated carbocycles. The maximum Gasteiger partial charge on any atom is 0.253 e. The van der Waals surface area contributed by atoms with Crippen molar-refractivity contribution >= 4 is 5.91 Å². The van der Waals surface area contributed by atoms with Crippen molar-refractivity contribution in [3.05, 3.63) is 71.5 Å². The summed E-state index contributed by atoms with van der Waals surface area (Å²) in [6.45, 7) is 1.41. The normalized spacial score (nSPS) is 14.9. The topological polar surface area (TPSA) is 69.6 Å². The zero-order valence-corrected chi connectivity index (χ0v) is 12.2. The van der Waals surface area contributed by atoms with Gasteiger partial charge >= 0.3 is 0 Å². The van der Waals surface area contributed by atoms with Crippen molar-refractivity contribution in [2.75, 3.05) is 6.54 Å². The highest BCUT2D eigenvalue weighted by Gasteiger charge is 2.26. The van der Waals surface area contributed by atoms with E-state index in [0.717, 1.165) is 0 Å². The van der Waals surface area contributed by atoms with Crippen LogP contribution in [-0.4, -0.2) is 22.7 Å². The van der Waals surface area contributed by atoms with E-state index in [1.54, 1.807) is 30.3 Å². The third-order valence-corrected chi connectivity index (χ3v) is 3.44. The van der Waals surface area contributed by atoms with E-state index in [1.807, 2.05) is 0 Å². The van der Waals surface area contributed by atoms with E-state index in [0.29, 0.717) is 11.1 Å². The monoisotopic (exact) mass is 303 g/mol. The Balaban J connectivity index is 1.99. The minimum absolute atomic E-state index is 0.0959. The second-order valence-electron chi connectivity index (χ2n) is 5.31. The number of aliphatic hydroxyl groups excluding tert-OH is 1. The Labute approximate surface area is 128 Å². The molecule has 0 aliphatic carbocycles. The van der Waals surface area contributed by atoms with Gasteiger partial charge < -0.3 is 15.5 Å². The molecule has 0 saturated heterocycles. The van der Waals surface area contributed by atoms with E-state index in [1.165, 1.54) is 31.2 Å². The number of carbonyl (C=O) groups excluding carboxylic acids is 1. The molecule has 2 aromatic carbocycles. The first-order valence-corrected chi connectivity index (χ1v) is 6.89. The zero-order valence-electron chi connectivity index (χ0n) is 12.2. The Bertz CT molecular complexity index is 626. The summed E-state index contributed by atoms with van der Waals surface area (Å²) in [5.41, 5.74) is -0.412. The Morgan fingerprint density at radius 3 is 2.36 bits per heavy atom. The van der Waals surface area contributed by atoms with Gasteiger partial charge in [0.2, 0.25) is 0 Å². The lowest BCUT2D eigenvalue weighted by atomic mass is 9.96. The fourth-order valence-corrected chi connectivity index (χ4v) is 2.05.